The van der Waals surface area contributed by atoms with E-state index >= 15 is 0 Å². The molecule has 2 aromatic carbocycles. The number of aryl methyl sites for hydroxylation is 2. The van der Waals surface area contributed by atoms with Gasteiger partial charge >= 0.3 is 0 Å². The fourth-order valence-electron chi connectivity index (χ4n) is 2.14. The summed E-state index contributed by atoms with van der Waals surface area (Å²) in [6.07, 6.45) is 1.30. The standard InChI is InChI=1S/C10H10BrFO.C10H11FO.Br2/c1-2-7-3-4-8(5-9(7)12)10(13)6-11;1-3-8-4-5-9(7(2)12)6-10(8)11;1-2/h3-5H,2,6H2,1H3;4-6H,3H2,1-2H3;. The molecule has 0 aliphatic rings. The lowest BCUT2D eigenvalue weighted by atomic mass is 10.1. The van der Waals surface area contributed by atoms with Crippen LogP contribution in [0.3, 0.4) is 0 Å². The Hall–Kier alpha value is -0.920. The largest absolute Gasteiger partial charge is 0.295 e. The molecule has 0 aromatic heterocycles. The lowest BCUT2D eigenvalue weighted by molar-refractivity contribution is 0.101. The first-order valence-corrected chi connectivity index (χ1v) is 13.0. The average molecular weight is 571 g/mol. The van der Waals surface area contributed by atoms with Gasteiger partial charge in [-0.25, -0.2) is 8.78 Å². The van der Waals surface area contributed by atoms with Gasteiger partial charge in [-0.3, -0.25) is 9.59 Å². The number of rotatable bonds is 5. The van der Waals surface area contributed by atoms with Crippen LogP contribution >= 0.6 is 44.2 Å². The molecule has 2 nitrogen and oxygen atoms in total. The summed E-state index contributed by atoms with van der Waals surface area (Å²) in [5, 5.41) is 0.234. The van der Waals surface area contributed by atoms with Crippen molar-refractivity contribution in [3.63, 3.8) is 0 Å². The summed E-state index contributed by atoms with van der Waals surface area (Å²) in [6, 6.07) is 9.22. The lowest BCUT2D eigenvalue weighted by Gasteiger charge is -2.01. The molecule has 0 amide bonds. The number of carbonyl (C=O) groups is 2. The van der Waals surface area contributed by atoms with Gasteiger partial charge in [-0.15, -0.1) is 0 Å². The highest BCUT2D eigenvalue weighted by Gasteiger charge is 2.07. The normalized spacial score (nSPS) is 9.48. The Balaban J connectivity index is 0.000000460. The number of hydrogen-bond donors (Lipinski definition) is 0. The van der Waals surface area contributed by atoms with E-state index in [9.17, 15) is 18.4 Å². The Kier molecular flexibility index (Phi) is 13.6. The molecule has 0 atom stereocenters. The Labute approximate surface area is 182 Å². The Morgan fingerprint density at radius 2 is 1.26 bits per heavy atom. The minimum absolute atomic E-state index is 0.0958. The Morgan fingerprint density at radius 1 is 0.852 bits per heavy atom. The van der Waals surface area contributed by atoms with Crippen molar-refractivity contribution in [1.29, 1.82) is 0 Å². The van der Waals surface area contributed by atoms with Crippen LogP contribution < -0.4 is 0 Å². The summed E-state index contributed by atoms with van der Waals surface area (Å²) in [4.78, 5) is 22.0. The quantitative estimate of drug-likeness (QED) is 0.280. The number of halogens is 5. The van der Waals surface area contributed by atoms with Gasteiger partial charge in [0.1, 0.15) is 11.6 Å². The highest BCUT2D eigenvalue weighted by atomic mass is 80.9. The summed E-state index contributed by atoms with van der Waals surface area (Å²) in [6.45, 7) is 5.19. The van der Waals surface area contributed by atoms with E-state index < -0.39 is 0 Å². The van der Waals surface area contributed by atoms with Crippen molar-refractivity contribution < 1.29 is 18.4 Å². The Bertz CT molecular complexity index is 765. The van der Waals surface area contributed by atoms with Crippen molar-refractivity contribution in [3.05, 3.63) is 70.3 Å². The summed E-state index contributed by atoms with van der Waals surface area (Å²) in [5.41, 5.74) is 2.15. The molecule has 27 heavy (non-hydrogen) atoms. The molecule has 0 unspecified atom stereocenters. The molecule has 7 heteroatoms. The molecule has 0 bridgehead atoms. The van der Waals surface area contributed by atoms with Crippen LogP contribution in [0, 0.1) is 11.6 Å². The van der Waals surface area contributed by atoms with Crippen LogP contribution in [0.1, 0.15) is 52.6 Å². The van der Waals surface area contributed by atoms with Gasteiger partial charge in [-0.1, -0.05) is 54.0 Å². The zero-order valence-corrected chi connectivity index (χ0v) is 20.0. The molecule has 0 spiro atoms. The second kappa shape index (κ2) is 14.1. The van der Waals surface area contributed by atoms with E-state index in [2.05, 4.69) is 44.2 Å². The summed E-state index contributed by atoms with van der Waals surface area (Å²) >= 11 is 8.54. The van der Waals surface area contributed by atoms with E-state index in [0.29, 0.717) is 35.1 Å². The van der Waals surface area contributed by atoms with Crippen molar-refractivity contribution in [2.24, 2.45) is 0 Å². The second-order valence-electron chi connectivity index (χ2n) is 5.43. The fourth-order valence-corrected chi connectivity index (χ4v) is 2.46. The first-order chi connectivity index (χ1) is 12.8. The molecule has 0 fully saturated rings. The van der Waals surface area contributed by atoms with E-state index in [1.807, 2.05) is 13.8 Å². The molecule has 0 N–H and O–H groups in total. The molecule has 0 aliphatic carbocycles. The minimum Gasteiger partial charge on any atom is -0.295 e. The third-order valence-corrected chi connectivity index (χ3v) is 4.23. The maximum atomic E-state index is 13.2. The molecular weight excluding hydrogens is 550 g/mol. The highest BCUT2D eigenvalue weighted by Crippen LogP contribution is 2.12. The van der Waals surface area contributed by atoms with Gasteiger partial charge in [0.2, 0.25) is 0 Å². The number of Topliss-reactive ketones (excluding diaryl/α,β-unsaturated/α-hetero) is 2. The number of benzene rings is 2. The maximum Gasteiger partial charge on any atom is 0.173 e. The van der Waals surface area contributed by atoms with E-state index in [0.717, 1.165) is 0 Å². The van der Waals surface area contributed by atoms with Crippen LogP contribution in [0.25, 0.3) is 0 Å². The molecule has 2 aromatic rings. The maximum absolute atomic E-state index is 13.2. The first kappa shape index (κ1) is 26.1. The summed E-state index contributed by atoms with van der Waals surface area (Å²) in [7, 11) is 0. The van der Waals surface area contributed by atoms with Crippen LogP contribution in [-0.2, 0) is 12.8 Å². The van der Waals surface area contributed by atoms with E-state index in [1.165, 1.54) is 19.1 Å². The second-order valence-corrected chi connectivity index (χ2v) is 5.99. The molecular formula is C20H21Br3F2O2. The monoisotopic (exact) mass is 568 g/mol. The molecule has 0 saturated heterocycles. The van der Waals surface area contributed by atoms with Gasteiger partial charge in [0.05, 0.1) is 5.33 Å². The molecule has 0 saturated carbocycles. The number of hydrogen-bond acceptors (Lipinski definition) is 2. The van der Waals surface area contributed by atoms with Crippen molar-refractivity contribution >= 4 is 55.8 Å². The Morgan fingerprint density at radius 3 is 1.59 bits per heavy atom. The van der Waals surface area contributed by atoms with Gasteiger partial charge in [-0.05, 0) is 43.0 Å². The smallest absolute Gasteiger partial charge is 0.173 e. The number of alkyl halides is 1. The van der Waals surface area contributed by atoms with Crippen molar-refractivity contribution in [2.45, 2.75) is 33.6 Å². The lowest BCUT2D eigenvalue weighted by Crippen LogP contribution is -2.01. The molecule has 0 aliphatic heterocycles. The van der Waals surface area contributed by atoms with Crippen molar-refractivity contribution in [2.75, 3.05) is 5.33 Å². The zero-order valence-electron chi connectivity index (χ0n) is 15.3. The van der Waals surface area contributed by atoms with Crippen molar-refractivity contribution in [1.82, 2.24) is 0 Å². The highest BCUT2D eigenvalue weighted by molar-refractivity contribution is 9.93. The third-order valence-electron chi connectivity index (χ3n) is 3.72. The SMILES string of the molecule is BrBr.CCc1ccc(C(=O)CBr)cc1F.CCc1ccc(C(C)=O)cc1F. The first-order valence-electron chi connectivity index (χ1n) is 8.15. The van der Waals surface area contributed by atoms with Gasteiger partial charge in [-0.2, -0.15) is 0 Å². The number of carbonyl (C=O) groups excluding carboxylic acids is 2. The predicted molar refractivity (Wildman–Crippen MR) is 118 cm³/mol. The summed E-state index contributed by atoms with van der Waals surface area (Å²) in [5.74, 6) is -0.780. The summed E-state index contributed by atoms with van der Waals surface area (Å²) < 4.78 is 26.2. The predicted octanol–water partition coefficient (Wildman–Crippen LogP) is 7.25. The van der Waals surface area contributed by atoms with Gasteiger partial charge in [0, 0.05) is 39.4 Å². The van der Waals surface area contributed by atoms with Crippen molar-refractivity contribution in [3.8, 4) is 0 Å². The van der Waals surface area contributed by atoms with Gasteiger partial charge in [0.15, 0.2) is 11.6 Å². The average Bonchev–Trinajstić information content (AvgIpc) is 2.69. The topological polar surface area (TPSA) is 34.1 Å². The minimum atomic E-state index is -0.297. The molecule has 148 valence electrons. The van der Waals surface area contributed by atoms with Crippen LogP contribution in [-0.4, -0.2) is 16.9 Å². The van der Waals surface area contributed by atoms with Crippen LogP contribution in [0.4, 0.5) is 8.78 Å². The molecule has 2 rings (SSSR count). The zero-order chi connectivity index (χ0) is 21.0. The molecule has 0 radical (unpaired) electrons. The van der Waals surface area contributed by atoms with E-state index in [-0.39, 0.29) is 28.5 Å². The van der Waals surface area contributed by atoms with E-state index in [4.69, 9.17) is 0 Å². The van der Waals surface area contributed by atoms with Crippen LogP contribution in [0.5, 0.6) is 0 Å². The van der Waals surface area contributed by atoms with Gasteiger partial charge < -0.3 is 0 Å². The fraction of sp³-hybridized carbons (Fsp3) is 0.300. The van der Waals surface area contributed by atoms with Gasteiger partial charge in [0.25, 0.3) is 0 Å². The van der Waals surface area contributed by atoms with Crippen LogP contribution in [0.15, 0.2) is 36.4 Å². The van der Waals surface area contributed by atoms with E-state index in [1.54, 1.807) is 24.3 Å². The van der Waals surface area contributed by atoms with Crippen LogP contribution in [0.2, 0.25) is 0 Å². The number of ketones is 2. The third kappa shape index (κ3) is 8.75. The molecule has 0 heterocycles.